The number of ether oxygens (including phenoxy) is 1. The quantitative estimate of drug-likeness (QED) is 0.732. The Balaban J connectivity index is 2.46. The van der Waals surface area contributed by atoms with E-state index in [1.165, 1.54) is 0 Å². The second kappa shape index (κ2) is 3.09. The lowest BCUT2D eigenvalue weighted by atomic mass is 9.86. The minimum Gasteiger partial charge on any atom is -0.480 e. The van der Waals surface area contributed by atoms with Crippen molar-refractivity contribution in [3.05, 3.63) is 18.2 Å². The Kier molecular flexibility index (Phi) is 2.03. The van der Waals surface area contributed by atoms with Gasteiger partial charge in [0.05, 0.1) is 6.61 Å². The molecule has 5 heteroatoms. The molecule has 1 aromatic heterocycles. The summed E-state index contributed by atoms with van der Waals surface area (Å²) in [6, 6.07) is 0. The normalized spacial score (nSPS) is 26.6. The van der Waals surface area contributed by atoms with E-state index in [9.17, 15) is 9.90 Å². The molecule has 1 unspecified atom stereocenters. The lowest BCUT2D eigenvalue weighted by Gasteiger charge is -2.21. The number of carboxylic acid groups (broad SMARTS) is 1. The molecule has 0 amide bonds. The van der Waals surface area contributed by atoms with Crippen molar-refractivity contribution < 1.29 is 14.6 Å². The Morgan fingerprint density at radius 2 is 2.57 bits per heavy atom. The van der Waals surface area contributed by atoms with Gasteiger partial charge >= 0.3 is 5.97 Å². The molecule has 14 heavy (non-hydrogen) atoms. The average molecular weight is 196 g/mol. The predicted molar refractivity (Wildman–Crippen MR) is 48.0 cm³/mol. The van der Waals surface area contributed by atoms with Gasteiger partial charge in [0, 0.05) is 26.0 Å². The maximum absolute atomic E-state index is 11.2. The molecule has 1 atom stereocenters. The third-order valence-corrected chi connectivity index (χ3v) is 2.68. The second-order valence-electron chi connectivity index (χ2n) is 3.55. The molecule has 2 rings (SSSR count). The molecular weight excluding hydrogens is 184 g/mol. The van der Waals surface area contributed by atoms with Gasteiger partial charge in [-0.2, -0.15) is 0 Å². The number of carboxylic acids is 1. The maximum Gasteiger partial charge on any atom is 0.319 e. The summed E-state index contributed by atoms with van der Waals surface area (Å²) in [5.74, 6) is -0.285. The van der Waals surface area contributed by atoms with Gasteiger partial charge in [-0.3, -0.25) is 4.79 Å². The first-order valence-electron chi connectivity index (χ1n) is 4.46. The van der Waals surface area contributed by atoms with Gasteiger partial charge in [0.15, 0.2) is 5.41 Å². The molecule has 5 nitrogen and oxygen atoms in total. The van der Waals surface area contributed by atoms with Gasteiger partial charge in [-0.05, 0) is 6.42 Å². The maximum atomic E-state index is 11.2. The Labute approximate surface area is 81.3 Å². The number of hydrogen-bond donors (Lipinski definition) is 1. The van der Waals surface area contributed by atoms with Crippen LogP contribution in [0.4, 0.5) is 0 Å². The van der Waals surface area contributed by atoms with Crippen LogP contribution in [0.2, 0.25) is 0 Å². The number of nitrogens with zero attached hydrogens (tertiary/aromatic N) is 2. The number of imidazole rings is 1. The molecule has 0 radical (unpaired) electrons. The highest BCUT2D eigenvalue weighted by Crippen LogP contribution is 2.31. The average Bonchev–Trinajstić information content (AvgIpc) is 2.72. The van der Waals surface area contributed by atoms with Crippen LogP contribution < -0.4 is 0 Å². The zero-order valence-electron chi connectivity index (χ0n) is 7.93. The summed E-state index contributed by atoms with van der Waals surface area (Å²) >= 11 is 0. The zero-order valence-corrected chi connectivity index (χ0v) is 7.93. The van der Waals surface area contributed by atoms with E-state index in [0.29, 0.717) is 18.9 Å². The molecule has 1 aliphatic rings. The molecule has 1 saturated heterocycles. The van der Waals surface area contributed by atoms with Gasteiger partial charge in [-0.25, -0.2) is 4.98 Å². The lowest BCUT2D eigenvalue weighted by Crippen LogP contribution is -2.38. The highest BCUT2D eigenvalue weighted by molar-refractivity contribution is 5.80. The number of aliphatic carboxylic acids is 1. The predicted octanol–water partition coefficient (Wildman–Crippen LogP) is 0.163. The summed E-state index contributed by atoms with van der Waals surface area (Å²) in [6.45, 7) is 0.701. The molecule has 1 N–H and O–H groups in total. The van der Waals surface area contributed by atoms with Crippen molar-refractivity contribution in [2.45, 2.75) is 11.8 Å². The van der Waals surface area contributed by atoms with E-state index < -0.39 is 11.4 Å². The Morgan fingerprint density at radius 3 is 3.00 bits per heavy atom. The minimum atomic E-state index is -0.946. The van der Waals surface area contributed by atoms with Crippen molar-refractivity contribution in [2.75, 3.05) is 13.2 Å². The standard InChI is InChI=1S/C9H12N2O3/c1-11-4-3-10-7(11)9(8(12)13)2-5-14-6-9/h3-4H,2,5-6H2,1H3,(H,12,13). The highest BCUT2D eigenvalue weighted by Gasteiger charge is 2.47. The Morgan fingerprint density at radius 1 is 1.79 bits per heavy atom. The zero-order chi connectivity index (χ0) is 10.2. The topological polar surface area (TPSA) is 64.4 Å². The fourth-order valence-electron chi connectivity index (χ4n) is 1.83. The first-order valence-corrected chi connectivity index (χ1v) is 4.46. The van der Waals surface area contributed by atoms with E-state index in [2.05, 4.69) is 4.98 Å². The highest BCUT2D eigenvalue weighted by atomic mass is 16.5. The molecule has 1 aromatic rings. The largest absolute Gasteiger partial charge is 0.480 e. The minimum absolute atomic E-state index is 0.215. The van der Waals surface area contributed by atoms with Gasteiger partial charge in [0.2, 0.25) is 0 Å². The van der Waals surface area contributed by atoms with Crippen molar-refractivity contribution in [3.8, 4) is 0 Å². The summed E-state index contributed by atoms with van der Waals surface area (Å²) < 4.78 is 6.91. The van der Waals surface area contributed by atoms with Crippen LogP contribution in [-0.2, 0) is 22.0 Å². The Hall–Kier alpha value is -1.36. The van der Waals surface area contributed by atoms with Crippen molar-refractivity contribution >= 4 is 5.97 Å². The molecule has 0 saturated carbocycles. The van der Waals surface area contributed by atoms with E-state index in [1.54, 1.807) is 24.0 Å². The number of hydrogen-bond acceptors (Lipinski definition) is 3. The number of aryl methyl sites for hydroxylation is 1. The smallest absolute Gasteiger partial charge is 0.319 e. The fraction of sp³-hybridized carbons (Fsp3) is 0.556. The molecule has 0 bridgehead atoms. The molecule has 76 valence electrons. The van der Waals surface area contributed by atoms with E-state index in [-0.39, 0.29) is 6.61 Å². The van der Waals surface area contributed by atoms with E-state index in [1.807, 2.05) is 0 Å². The summed E-state index contributed by atoms with van der Waals surface area (Å²) in [4.78, 5) is 15.3. The van der Waals surface area contributed by atoms with Crippen LogP contribution >= 0.6 is 0 Å². The molecular formula is C9H12N2O3. The molecule has 0 aliphatic carbocycles. The van der Waals surface area contributed by atoms with E-state index in [0.717, 1.165) is 0 Å². The summed E-state index contributed by atoms with van der Waals surface area (Å²) in [5, 5.41) is 9.23. The van der Waals surface area contributed by atoms with Crippen LogP contribution in [-0.4, -0.2) is 33.8 Å². The van der Waals surface area contributed by atoms with Gasteiger partial charge in [0.25, 0.3) is 0 Å². The second-order valence-corrected chi connectivity index (χ2v) is 3.55. The monoisotopic (exact) mass is 196 g/mol. The van der Waals surface area contributed by atoms with Crippen molar-refractivity contribution in [1.29, 1.82) is 0 Å². The molecule has 0 spiro atoms. The summed E-state index contributed by atoms with van der Waals surface area (Å²) in [5.41, 5.74) is -0.946. The lowest BCUT2D eigenvalue weighted by molar-refractivity contribution is -0.144. The third-order valence-electron chi connectivity index (χ3n) is 2.68. The molecule has 1 aliphatic heterocycles. The van der Waals surface area contributed by atoms with Gasteiger partial charge in [-0.1, -0.05) is 0 Å². The summed E-state index contributed by atoms with van der Waals surface area (Å²) in [6.07, 6.45) is 3.85. The number of aromatic nitrogens is 2. The van der Waals surface area contributed by atoms with Crippen LogP contribution in [0.3, 0.4) is 0 Å². The van der Waals surface area contributed by atoms with Crippen LogP contribution in [0.1, 0.15) is 12.2 Å². The molecule has 2 heterocycles. The van der Waals surface area contributed by atoms with Crippen LogP contribution in [0.25, 0.3) is 0 Å². The SMILES string of the molecule is Cn1ccnc1C1(C(=O)O)CCOC1. The van der Waals surface area contributed by atoms with Crippen LogP contribution in [0, 0.1) is 0 Å². The van der Waals surface area contributed by atoms with Crippen molar-refractivity contribution in [2.24, 2.45) is 7.05 Å². The van der Waals surface area contributed by atoms with Crippen LogP contribution in [0.15, 0.2) is 12.4 Å². The number of carbonyl (C=O) groups is 1. The number of rotatable bonds is 2. The third kappa shape index (κ3) is 1.13. The summed E-state index contributed by atoms with van der Waals surface area (Å²) in [7, 11) is 1.80. The molecule has 1 fully saturated rings. The van der Waals surface area contributed by atoms with Crippen LogP contribution in [0.5, 0.6) is 0 Å². The first-order chi connectivity index (χ1) is 6.67. The van der Waals surface area contributed by atoms with Gasteiger partial charge in [0.1, 0.15) is 5.82 Å². The van der Waals surface area contributed by atoms with Crippen molar-refractivity contribution in [1.82, 2.24) is 9.55 Å². The first kappa shape index (κ1) is 9.21. The van der Waals surface area contributed by atoms with Gasteiger partial charge < -0.3 is 14.4 Å². The fourth-order valence-corrected chi connectivity index (χ4v) is 1.83. The Bertz CT molecular complexity index is 353. The molecule has 0 aromatic carbocycles. The van der Waals surface area contributed by atoms with Crippen molar-refractivity contribution in [3.63, 3.8) is 0 Å². The van der Waals surface area contributed by atoms with E-state index in [4.69, 9.17) is 4.74 Å². The van der Waals surface area contributed by atoms with E-state index >= 15 is 0 Å². The van der Waals surface area contributed by atoms with Gasteiger partial charge in [-0.15, -0.1) is 0 Å².